The van der Waals surface area contributed by atoms with E-state index in [-0.39, 0.29) is 48.6 Å². The molecule has 260 valence electrons. The van der Waals surface area contributed by atoms with Crippen LogP contribution in [0.2, 0.25) is 0 Å². The summed E-state index contributed by atoms with van der Waals surface area (Å²) in [4.78, 5) is 63.6. The number of hydrogen-bond donors (Lipinski definition) is 0. The fraction of sp³-hybridized carbons (Fsp3) is 0.513. The summed E-state index contributed by atoms with van der Waals surface area (Å²) in [6, 6.07) is 18.2. The van der Waals surface area contributed by atoms with Gasteiger partial charge in [-0.1, -0.05) is 74.5 Å². The van der Waals surface area contributed by atoms with E-state index in [1.54, 1.807) is 0 Å². The van der Waals surface area contributed by atoms with Gasteiger partial charge < -0.3 is 14.1 Å². The van der Waals surface area contributed by atoms with E-state index in [1.165, 1.54) is 25.5 Å². The Balaban J connectivity index is 1.21. The van der Waals surface area contributed by atoms with Gasteiger partial charge in [-0.05, 0) is 92.6 Å². The van der Waals surface area contributed by atoms with Crippen molar-refractivity contribution in [3.63, 3.8) is 0 Å². The van der Waals surface area contributed by atoms with Crippen molar-refractivity contribution < 1.29 is 28.3 Å². The first-order valence-electron chi connectivity index (χ1n) is 17.7. The molecule has 0 spiro atoms. The van der Waals surface area contributed by atoms with Crippen LogP contribution in [0.3, 0.4) is 0 Å². The SMILES string of the molecule is CC(C)CCN(C(=O)OCc1ccccc1)C(=O)N(CCCc1ccccc1)C(=O)c1nc(C(=O)N(C)C23CC4CC(CC(C4)C2)C3)co1. The van der Waals surface area contributed by atoms with Crippen molar-refractivity contribution >= 4 is 23.9 Å². The Bertz CT molecular complexity index is 1590. The molecule has 0 saturated heterocycles. The first-order chi connectivity index (χ1) is 23.6. The lowest BCUT2D eigenvalue weighted by Crippen LogP contribution is -2.60. The van der Waals surface area contributed by atoms with Crippen molar-refractivity contribution in [1.29, 1.82) is 0 Å². The third kappa shape index (κ3) is 7.89. The highest BCUT2D eigenvalue weighted by Gasteiger charge is 2.54. The van der Waals surface area contributed by atoms with Crippen LogP contribution in [0.15, 0.2) is 71.3 Å². The van der Waals surface area contributed by atoms with E-state index in [0.29, 0.717) is 37.0 Å². The van der Waals surface area contributed by atoms with Gasteiger partial charge in [-0.2, -0.15) is 4.98 Å². The maximum absolute atomic E-state index is 14.2. The second kappa shape index (κ2) is 15.0. The third-order valence-electron chi connectivity index (χ3n) is 10.7. The number of carbonyl (C=O) groups excluding carboxylic acids is 4. The number of nitrogens with zero attached hydrogens (tertiary/aromatic N) is 4. The molecular weight excluding hydrogens is 620 g/mol. The van der Waals surface area contributed by atoms with E-state index in [1.807, 2.05) is 86.5 Å². The molecule has 4 saturated carbocycles. The molecule has 0 unspecified atom stereocenters. The molecule has 7 rings (SSSR count). The monoisotopic (exact) mass is 668 g/mol. The number of amides is 5. The number of hydrogen-bond acceptors (Lipinski definition) is 7. The second-order valence-electron chi connectivity index (χ2n) is 14.7. The number of aromatic nitrogens is 1. The molecule has 4 fully saturated rings. The maximum atomic E-state index is 14.2. The molecule has 4 bridgehead atoms. The first kappa shape index (κ1) is 34.4. The summed E-state index contributed by atoms with van der Waals surface area (Å²) in [5, 5.41) is 0. The minimum Gasteiger partial charge on any atom is -0.444 e. The minimum atomic E-state index is -0.837. The summed E-state index contributed by atoms with van der Waals surface area (Å²) in [5.74, 6) is 0.704. The van der Waals surface area contributed by atoms with Gasteiger partial charge in [0.15, 0.2) is 5.69 Å². The van der Waals surface area contributed by atoms with Crippen LogP contribution in [0.5, 0.6) is 0 Å². The Morgan fingerprint density at radius 2 is 1.43 bits per heavy atom. The Kier molecular flexibility index (Phi) is 10.5. The zero-order chi connectivity index (χ0) is 34.5. The van der Waals surface area contributed by atoms with Crippen molar-refractivity contribution in [1.82, 2.24) is 19.7 Å². The van der Waals surface area contributed by atoms with Crippen molar-refractivity contribution in [2.24, 2.45) is 23.7 Å². The molecular formula is C39H48N4O6. The van der Waals surface area contributed by atoms with Gasteiger partial charge in [0.2, 0.25) is 0 Å². The number of imide groups is 2. The maximum Gasteiger partial charge on any atom is 0.418 e. The van der Waals surface area contributed by atoms with Crippen molar-refractivity contribution in [3.8, 4) is 0 Å². The molecule has 2 aromatic carbocycles. The molecule has 10 nitrogen and oxygen atoms in total. The number of benzene rings is 2. The number of rotatable bonds is 12. The molecule has 49 heavy (non-hydrogen) atoms. The average molecular weight is 669 g/mol. The largest absolute Gasteiger partial charge is 0.444 e. The van der Waals surface area contributed by atoms with Crippen LogP contribution in [0.4, 0.5) is 9.59 Å². The van der Waals surface area contributed by atoms with Crippen LogP contribution >= 0.6 is 0 Å². The van der Waals surface area contributed by atoms with Crippen LogP contribution in [-0.2, 0) is 17.8 Å². The Labute approximate surface area is 288 Å². The van der Waals surface area contributed by atoms with Crippen LogP contribution < -0.4 is 0 Å². The fourth-order valence-corrected chi connectivity index (χ4v) is 8.41. The average Bonchev–Trinajstić information content (AvgIpc) is 3.59. The van der Waals surface area contributed by atoms with Gasteiger partial charge in [-0.25, -0.2) is 14.5 Å². The summed E-state index contributed by atoms with van der Waals surface area (Å²) in [7, 11) is 1.85. The van der Waals surface area contributed by atoms with E-state index < -0.39 is 18.0 Å². The van der Waals surface area contributed by atoms with Crippen LogP contribution in [0.25, 0.3) is 0 Å². The van der Waals surface area contributed by atoms with E-state index in [2.05, 4.69) is 4.98 Å². The molecule has 1 aromatic heterocycles. The predicted octanol–water partition coefficient (Wildman–Crippen LogP) is 7.60. The second-order valence-corrected chi connectivity index (χ2v) is 14.7. The lowest BCUT2D eigenvalue weighted by Gasteiger charge is -2.59. The molecule has 0 aliphatic heterocycles. The molecule has 3 aromatic rings. The number of urea groups is 1. The summed E-state index contributed by atoms with van der Waals surface area (Å²) < 4.78 is 11.2. The van der Waals surface area contributed by atoms with Gasteiger partial charge in [0.25, 0.3) is 11.8 Å². The molecule has 4 aliphatic rings. The summed E-state index contributed by atoms with van der Waals surface area (Å²) >= 11 is 0. The lowest BCUT2D eigenvalue weighted by atomic mass is 9.52. The molecule has 0 N–H and O–H groups in total. The standard InChI is InChI=1S/C39H48N4O6/c1-27(2)16-18-43(38(47)49-25-29-13-8-5-9-14-29)37(46)42(17-10-15-28-11-6-4-7-12-28)36(45)34-40-33(26-48-34)35(44)41(3)39-22-30-19-31(23-39)21-32(20-30)24-39/h4-9,11-14,26-27,30-32H,10,15-25H2,1-3H3. The summed E-state index contributed by atoms with van der Waals surface area (Å²) in [6.07, 6.45) is 8.72. The third-order valence-corrected chi connectivity index (χ3v) is 10.7. The van der Waals surface area contributed by atoms with Gasteiger partial charge >= 0.3 is 18.0 Å². The topological polar surface area (TPSA) is 113 Å². The van der Waals surface area contributed by atoms with Crippen molar-refractivity contribution in [3.05, 3.63) is 89.6 Å². The van der Waals surface area contributed by atoms with Gasteiger partial charge in [-0.15, -0.1) is 0 Å². The molecule has 0 radical (unpaired) electrons. The van der Waals surface area contributed by atoms with Gasteiger partial charge in [-0.3, -0.25) is 14.5 Å². The smallest absolute Gasteiger partial charge is 0.418 e. The van der Waals surface area contributed by atoms with Gasteiger partial charge in [0.1, 0.15) is 12.9 Å². The van der Waals surface area contributed by atoms with Crippen molar-refractivity contribution in [2.45, 2.75) is 83.8 Å². The van der Waals surface area contributed by atoms with E-state index in [4.69, 9.17) is 9.15 Å². The van der Waals surface area contributed by atoms with Crippen molar-refractivity contribution in [2.75, 3.05) is 20.1 Å². The number of oxazole rings is 1. The van der Waals surface area contributed by atoms with Crippen LogP contribution in [0.1, 0.15) is 97.5 Å². The van der Waals surface area contributed by atoms with Gasteiger partial charge in [0.05, 0.1) is 0 Å². The van der Waals surface area contributed by atoms with Crippen LogP contribution in [0, 0.1) is 23.7 Å². The van der Waals surface area contributed by atoms with Gasteiger partial charge in [0, 0.05) is 25.7 Å². The summed E-state index contributed by atoms with van der Waals surface area (Å²) in [5.41, 5.74) is 1.68. The predicted molar refractivity (Wildman–Crippen MR) is 183 cm³/mol. The highest BCUT2D eigenvalue weighted by molar-refractivity contribution is 6.05. The number of ether oxygens (including phenoxy) is 1. The highest BCUT2D eigenvalue weighted by Crippen LogP contribution is 2.57. The normalized spacial score (nSPS) is 22.2. The van der Waals surface area contributed by atoms with E-state index >= 15 is 0 Å². The summed E-state index contributed by atoms with van der Waals surface area (Å²) in [6.45, 7) is 4.04. The minimum absolute atomic E-state index is 0.00947. The molecule has 1 heterocycles. The first-order valence-corrected chi connectivity index (χ1v) is 17.7. The van der Waals surface area contributed by atoms with E-state index in [0.717, 1.165) is 40.2 Å². The molecule has 10 heteroatoms. The zero-order valence-corrected chi connectivity index (χ0v) is 28.9. The molecule has 5 amide bonds. The Morgan fingerprint density at radius 1 is 0.837 bits per heavy atom. The zero-order valence-electron chi connectivity index (χ0n) is 28.9. The highest BCUT2D eigenvalue weighted by atomic mass is 16.6. The Hall–Kier alpha value is -4.47. The molecule has 0 atom stereocenters. The molecule has 4 aliphatic carbocycles. The number of aryl methyl sites for hydroxylation is 1. The van der Waals surface area contributed by atoms with Crippen LogP contribution in [-0.4, -0.2) is 69.3 Å². The van der Waals surface area contributed by atoms with E-state index in [9.17, 15) is 19.2 Å². The fourth-order valence-electron chi connectivity index (χ4n) is 8.41. The quantitative estimate of drug-likeness (QED) is 0.195. The lowest BCUT2D eigenvalue weighted by molar-refractivity contribution is -0.0667. The number of carbonyl (C=O) groups is 4. The Morgan fingerprint density at radius 3 is 2.02 bits per heavy atom.